The normalized spacial score (nSPS) is 9.81. The van der Waals surface area contributed by atoms with Crippen molar-refractivity contribution >= 4 is 17.7 Å². The maximum absolute atomic E-state index is 10.9. The zero-order valence-electron chi connectivity index (χ0n) is 8.71. The van der Waals surface area contributed by atoms with Crippen LogP contribution in [0.15, 0.2) is 54.6 Å². The van der Waals surface area contributed by atoms with Crippen molar-refractivity contribution in [3.05, 3.63) is 60.2 Å². The lowest BCUT2D eigenvalue weighted by Gasteiger charge is -2.20. The first-order valence-electron chi connectivity index (χ1n) is 4.97. The molecule has 0 aliphatic carbocycles. The van der Waals surface area contributed by atoms with Gasteiger partial charge in [0.05, 0.1) is 11.4 Å². The second kappa shape index (κ2) is 4.59. The van der Waals surface area contributed by atoms with E-state index in [9.17, 15) is 4.79 Å². The van der Waals surface area contributed by atoms with Gasteiger partial charge in [-0.3, -0.25) is 9.80 Å². The number of nitrogens with two attached hydrogens (primary N) is 1. The van der Waals surface area contributed by atoms with Gasteiger partial charge in [0.2, 0.25) is 0 Å². The van der Waals surface area contributed by atoms with E-state index in [2.05, 4.69) is 0 Å². The highest BCUT2D eigenvalue weighted by Gasteiger charge is 2.07. The van der Waals surface area contributed by atoms with Gasteiger partial charge in [-0.2, -0.15) is 0 Å². The molecule has 0 amide bonds. The average molecular weight is 212 g/mol. The number of carbonyl (C=O) groups is 1. The predicted molar refractivity (Wildman–Crippen MR) is 64.6 cm³/mol. The number of hydrazine groups is 1. The first kappa shape index (κ1) is 10.4. The number of hydrogen-bond donors (Lipinski definition) is 1. The summed E-state index contributed by atoms with van der Waals surface area (Å²) in [6.07, 6.45) is 0.804. The lowest BCUT2D eigenvalue weighted by molar-refractivity contribution is 0.112. The van der Waals surface area contributed by atoms with Crippen molar-refractivity contribution in [3.8, 4) is 0 Å². The van der Waals surface area contributed by atoms with Crippen LogP contribution in [0.1, 0.15) is 10.4 Å². The van der Waals surface area contributed by atoms with Crippen LogP contribution in [0.3, 0.4) is 0 Å². The number of anilines is 2. The summed E-state index contributed by atoms with van der Waals surface area (Å²) in [5.74, 6) is 5.97. The van der Waals surface area contributed by atoms with Gasteiger partial charge in [0.1, 0.15) is 0 Å². The van der Waals surface area contributed by atoms with Crippen LogP contribution in [0.4, 0.5) is 11.4 Å². The van der Waals surface area contributed by atoms with Gasteiger partial charge in [0, 0.05) is 5.56 Å². The van der Waals surface area contributed by atoms with Crippen LogP contribution in [0.5, 0.6) is 0 Å². The second-order valence-corrected chi connectivity index (χ2v) is 3.38. The van der Waals surface area contributed by atoms with Crippen molar-refractivity contribution in [2.75, 3.05) is 5.01 Å². The molecule has 80 valence electrons. The molecule has 0 saturated heterocycles. The zero-order chi connectivity index (χ0) is 11.4. The van der Waals surface area contributed by atoms with Crippen molar-refractivity contribution in [1.29, 1.82) is 0 Å². The van der Waals surface area contributed by atoms with E-state index < -0.39 is 0 Å². The summed E-state index contributed by atoms with van der Waals surface area (Å²) < 4.78 is 0. The quantitative estimate of drug-likeness (QED) is 0.483. The topological polar surface area (TPSA) is 46.3 Å². The van der Waals surface area contributed by atoms with Crippen LogP contribution in [0.25, 0.3) is 0 Å². The van der Waals surface area contributed by atoms with E-state index in [0.717, 1.165) is 12.0 Å². The maximum atomic E-state index is 10.9. The summed E-state index contributed by atoms with van der Waals surface area (Å²) in [5, 5.41) is 1.50. The molecule has 16 heavy (non-hydrogen) atoms. The van der Waals surface area contributed by atoms with E-state index in [0.29, 0.717) is 11.3 Å². The van der Waals surface area contributed by atoms with Gasteiger partial charge in [0.15, 0.2) is 6.29 Å². The van der Waals surface area contributed by atoms with Crippen molar-refractivity contribution in [2.24, 2.45) is 5.84 Å². The summed E-state index contributed by atoms with van der Waals surface area (Å²) in [6.45, 7) is 0. The third-order valence-electron chi connectivity index (χ3n) is 2.36. The molecule has 0 atom stereocenters. The molecule has 2 aromatic carbocycles. The monoisotopic (exact) mass is 212 g/mol. The highest BCUT2D eigenvalue weighted by molar-refractivity contribution is 5.86. The van der Waals surface area contributed by atoms with Crippen molar-refractivity contribution in [3.63, 3.8) is 0 Å². The third-order valence-corrected chi connectivity index (χ3v) is 2.36. The van der Waals surface area contributed by atoms with E-state index >= 15 is 0 Å². The predicted octanol–water partition coefficient (Wildman–Crippen LogP) is 2.51. The highest BCUT2D eigenvalue weighted by atomic mass is 16.1. The highest BCUT2D eigenvalue weighted by Crippen LogP contribution is 2.23. The number of aldehydes is 1. The molecular formula is C13H12N2O. The van der Waals surface area contributed by atoms with Crippen LogP contribution < -0.4 is 10.9 Å². The van der Waals surface area contributed by atoms with Crippen molar-refractivity contribution in [2.45, 2.75) is 0 Å². The van der Waals surface area contributed by atoms with Gasteiger partial charge < -0.3 is 0 Å². The fourth-order valence-corrected chi connectivity index (χ4v) is 1.53. The van der Waals surface area contributed by atoms with Gasteiger partial charge in [-0.15, -0.1) is 0 Å². The van der Waals surface area contributed by atoms with Gasteiger partial charge in [-0.05, 0) is 24.3 Å². The van der Waals surface area contributed by atoms with Gasteiger partial charge in [0.25, 0.3) is 0 Å². The molecule has 3 nitrogen and oxygen atoms in total. The summed E-state index contributed by atoms with van der Waals surface area (Å²) in [4.78, 5) is 10.9. The van der Waals surface area contributed by atoms with Crippen LogP contribution >= 0.6 is 0 Å². The Labute approximate surface area is 94.1 Å². The lowest BCUT2D eigenvalue weighted by atomic mass is 10.2. The number of nitrogens with zero attached hydrogens (tertiary/aromatic N) is 1. The van der Waals surface area contributed by atoms with Crippen molar-refractivity contribution < 1.29 is 4.79 Å². The van der Waals surface area contributed by atoms with Gasteiger partial charge >= 0.3 is 0 Å². The molecule has 0 heterocycles. The minimum atomic E-state index is 0.578. The van der Waals surface area contributed by atoms with E-state index in [4.69, 9.17) is 5.84 Å². The maximum Gasteiger partial charge on any atom is 0.152 e. The minimum absolute atomic E-state index is 0.578. The molecule has 0 aromatic heterocycles. The number of rotatable bonds is 3. The Hall–Kier alpha value is -2.13. The van der Waals surface area contributed by atoms with E-state index in [1.807, 2.05) is 48.5 Å². The number of para-hydroxylation sites is 2. The largest absolute Gasteiger partial charge is 0.298 e. The molecule has 3 heteroatoms. The third kappa shape index (κ3) is 1.94. The Morgan fingerprint density at radius 3 is 2.25 bits per heavy atom. The molecule has 0 saturated carbocycles. The molecule has 0 spiro atoms. The van der Waals surface area contributed by atoms with E-state index in [-0.39, 0.29) is 0 Å². The first-order chi connectivity index (χ1) is 7.83. The van der Waals surface area contributed by atoms with Crippen molar-refractivity contribution in [1.82, 2.24) is 0 Å². The number of carbonyl (C=O) groups excluding carboxylic acids is 1. The summed E-state index contributed by atoms with van der Waals surface area (Å²) in [7, 11) is 0. The fraction of sp³-hybridized carbons (Fsp3) is 0. The Kier molecular flexibility index (Phi) is 2.98. The molecule has 0 radical (unpaired) electrons. The first-order valence-corrected chi connectivity index (χ1v) is 4.97. The Morgan fingerprint density at radius 2 is 1.56 bits per heavy atom. The second-order valence-electron chi connectivity index (χ2n) is 3.38. The Morgan fingerprint density at radius 1 is 0.938 bits per heavy atom. The van der Waals surface area contributed by atoms with Gasteiger partial charge in [-0.25, -0.2) is 5.84 Å². The molecular weight excluding hydrogens is 200 g/mol. The van der Waals surface area contributed by atoms with Crippen LogP contribution in [-0.2, 0) is 0 Å². The number of benzene rings is 2. The smallest absolute Gasteiger partial charge is 0.152 e. The molecule has 0 unspecified atom stereocenters. The molecule has 0 aliphatic heterocycles. The van der Waals surface area contributed by atoms with E-state index in [1.165, 1.54) is 5.01 Å². The Bertz CT molecular complexity index is 482. The zero-order valence-corrected chi connectivity index (χ0v) is 8.71. The SMILES string of the molecule is NN(c1ccccc1)c1ccccc1C=O. The molecule has 0 fully saturated rings. The summed E-state index contributed by atoms with van der Waals surface area (Å²) in [5.41, 5.74) is 2.12. The standard InChI is InChI=1S/C13H12N2O/c14-15(12-7-2-1-3-8-12)13-9-5-4-6-11(13)10-16/h1-10H,14H2. The molecule has 2 N–H and O–H groups in total. The molecule has 2 aromatic rings. The number of hydrogen-bond acceptors (Lipinski definition) is 3. The summed E-state index contributed by atoms with van der Waals surface area (Å²) >= 11 is 0. The van der Waals surface area contributed by atoms with Crippen LogP contribution in [0.2, 0.25) is 0 Å². The lowest BCUT2D eigenvalue weighted by Crippen LogP contribution is -2.25. The molecule has 0 bridgehead atoms. The van der Waals surface area contributed by atoms with Crippen LogP contribution in [0, 0.1) is 0 Å². The average Bonchev–Trinajstić information content (AvgIpc) is 2.39. The Balaban J connectivity index is 2.41. The fourth-order valence-electron chi connectivity index (χ4n) is 1.53. The van der Waals surface area contributed by atoms with Crippen LogP contribution in [-0.4, -0.2) is 6.29 Å². The van der Waals surface area contributed by atoms with Gasteiger partial charge in [-0.1, -0.05) is 30.3 Å². The molecule has 0 aliphatic rings. The molecule has 2 rings (SSSR count). The summed E-state index contributed by atoms with van der Waals surface area (Å²) in [6, 6.07) is 16.7. The van der Waals surface area contributed by atoms with E-state index in [1.54, 1.807) is 6.07 Å². The minimum Gasteiger partial charge on any atom is -0.298 e.